The minimum Gasteiger partial charge on any atom is -0.311 e. The summed E-state index contributed by atoms with van der Waals surface area (Å²) in [5.74, 6) is 0.275. The number of carbonyl (C=O) groups is 1. The van der Waals surface area contributed by atoms with Gasteiger partial charge < -0.3 is 10.6 Å². The number of aromatic nitrogens is 2. The number of benzene rings is 1. The fourth-order valence-electron chi connectivity index (χ4n) is 2.20. The molecule has 1 amide bonds. The summed E-state index contributed by atoms with van der Waals surface area (Å²) in [5.41, 5.74) is 2.43. The number of hydrogen-bond donors (Lipinski definition) is 3. The highest BCUT2D eigenvalue weighted by Crippen LogP contribution is 2.24. The molecule has 1 aromatic carbocycles. The van der Waals surface area contributed by atoms with E-state index in [4.69, 9.17) is 23.2 Å². The van der Waals surface area contributed by atoms with Crippen molar-refractivity contribution in [2.45, 2.75) is 13.0 Å². The first-order valence-electron chi connectivity index (χ1n) is 6.18. The second kappa shape index (κ2) is 5.44. The first-order chi connectivity index (χ1) is 9.65. The second-order valence-corrected chi connectivity index (χ2v) is 5.38. The maximum absolute atomic E-state index is 12.2. The van der Waals surface area contributed by atoms with E-state index < -0.39 is 0 Å². The molecule has 3 N–H and O–H groups in total. The fourth-order valence-corrected chi connectivity index (χ4v) is 2.69. The summed E-state index contributed by atoms with van der Waals surface area (Å²) in [4.78, 5) is 12.2. The minimum absolute atomic E-state index is 0.292. The van der Waals surface area contributed by atoms with Gasteiger partial charge in [0.2, 0.25) is 0 Å². The molecule has 104 valence electrons. The van der Waals surface area contributed by atoms with Gasteiger partial charge in [-0.05, 0) is 31.2 Å². The third-order valence-electron chi connectivity index (χ3n) is 3.21. The van der Waals surface area contributed by atoms with Crippen LogP contribution in [0, 0.1) is 0 Å². The molecular formula is C13H12Cl2N4O. The molecule has 2 aromatic rings. The van der Waals surface area contributed by atoms with Crippen molar-refractivity contribution in [1.29, 1.82) is 0 Å². The molecular weight excluding hydrogens is 299 g/mol. The summed E-state index contributed by atoms with van der Waals surface area (Å²) < 4.78 is 0. The van der Waals surface area contributed by atoms with Crippen molar-refractivity contribution in [3.05, 3.63) is 45.1 Å². The van der Waals surface area contributed by atoms with Crippen molar-refractivity contribution in [2.75, 3.05) is 11.9 Å². The van der Waals surface area contributed by atoms with Crippen LogP contribution in [0.3, 0.4) is 0 Å². The summed E-state index contributed by atoms with van der Waals surface area (Å²) in [6, 6.07) is 4.77. The van der Waals surface area contributed by atoms with Crippen molar-refractivity contribution in [1.82, 2.24) is 15.5 Å². The number of nitrogens with zero attached hydrogens (tertiary/aromatic N) is 1. The van der Waals surface area contributed by atoms with Crippen molar-refractivity contribution in [3.63, 3.8) is 0 Å². The largest absolute Gasteiger partial charge is 0.311 e. The van der Waals surface area contributed by atoms with Crippen LogP contribution in [0.2, 0.25) is 10.0 Å². The molecule has 7 heteroatoms. The number of carbonyl (C=O) groups excluding carboxylic acids is 1. The monoisotopic (exact) mass is 310 g/mol. The number of halogens is 2. The third kappa shape index (κ3) is 2.52. The van der Waals surface area contributed by atoms with Gasteiger partial charge in [0.05, 0.1) is 16.3 Å². The van der Waals surface area contributed by atoms with E-state index in [1.807, 2.05) is 0 Å². The van der Waals surface area contributed by atoms with Gasteiger partial charge in [0.1, 0.15) is 0 Å². The number of anilines is 1. The smallest absolute Gasteiger partial charge is 0.258 e. The molecule has 0 atom stereocenters. The zero-order chi connectivity index (χ0) is 14.1. The predicted octanol–water partition coefficient (Wildman–Crippen LogP) is 2.61. The van der Waals surface area contributed by atoms with E-state index in [0.29, 0.717) is 21.4 Å². The molecule has 3 rings (SSSR count). The molecule has 0 fully saturated rings. The molecule has 0 aliphatic carbocycles. The molecule has 0 radical (unpaired) electrons. The average Bonchev–Trinajstić information content (AvgIpc) is 2.82. The Hall–Kier alpha value is -1.56. The number of nitrogens with one attached hydrogen (secondary N) is 3. The highest BCUT2D eigenvalue weighted by Gasteiger charge is 2.19. The Balaban J connectivity index is 1.84. The minimum atomic E-state index is -0.292. The van der Waals surface area contributed by atoms with Crippen LogP contribution >= 0.6 is 23.2 Å². The molecule has 1 aromatic heterocycles. The molecule has 5 nitrogen and oxygen atoms in total. The van der Waals surface area contributed by atoms with Gasteiger partial charge in [-0.25, -0.2) is 0 Å². The summed E-state index contributed by atoms with van der Waals surface area (Å²) in [6.07, 6.45) is 0.829. The van der Waals surface area contributed by atoms with E-state index in [1.165, 1.54) is 0 Å². The SMILES string of the molecule is O=C(Nc1n[nH]c2c1CCNC2)c1ccc(Cl)cc1Cl. The Bertz CT molecular complexity index is 668. The van der Waals surface area contributed by atoms with Gasteiger partial charge >= 0.3 is 0 Å². The first kappa shape index (κ1) is 13.4. The standard InChI is InChI=1S/C13H12Cl2N4O/c14-7-1-2-8(10(15)5-7)13(20)17-12-9-3-4-16-6-11(9)18-19-12/h1-2,5,16H,3-4,6H2,(H2,17,18,19,20). The molecule has 1 aliphatic heterocycles. The number of fused-ring (bicyclic) bond motifs is 1. The Morgan fingerprint density at radius 3 is 3.00 bits per heavy atom. The molecule has 2 heterocycles. The van der Waals surface area contributed by atoms with Crippen LogP contribution in [0.4, 0.5) is 5.82 Å². The summed E-state index contributed by atoms with van der Waals surface area (Å²) in [6.45, 7) is 1.61. The maximum atomic E-state index is 12.2. The van der Waals surface area contributed by atoms with Crippen molar-refractivity contribution >= 4 is 34.9 Å². The van der Waals surface area contributed by atoms with Crippen LogP contribution in [0.25, 0.3) is 0 Å². The van der Waals surface area contributed by atoms with Crippen LogP contribution in [0.15, 0.2) is 18.2 Å². The topological polar surface area (TPSA) is 69.8 Å². The summed E-state index contributed by atoms with van der Waals surface area (Å²) in [7, 11) is 0. The fraction of sp³-hybridized carbons (Fsp3) is 0.231. The number of aromatic amines is 1. The van der Waals surface area contributed by atoms with E-state index in [1.54, 1.807) is 18.2 Å². The van der Waals surface area contributed by atoms with E-state index in [9.17, 15) is 4.79 Å². The Labute approximate surface area is 125 Å². The number of H-pyrrole nitrogens is 1. The molecule has 0 saturated carbocycles. The van der Waals surface area contributed by atoms with E-state index >= 15 is 0 Å². The van der Waals surface area contributed by atoms with Crippen LogP contribution in [0.1, 0.15) is 21.6 Å². The molecule has 0 spiro atoms. The predicted molar refractivity (Wildman–Crippen MR) is 78.4 cm³/mol. The van der Waals surface area contributed by atoms with E-state index in [2.05, 4.69) is 20.8 Å². The van der Waals surface area contributed by atoms with Crippen LogP contribution in [-0.2, 0) is 13.0 Å². The molecule has 0 saturated heterocycles. The third-order valence-corrected chi connectivity index (χ3v) is 3.76. The number of rotatable bonds is 2. The zero-order valence-electron chi connectivity index (χ0n) is 10.5. The van der Waals surface area contributed by atoms with Crippen LogP contribution < -0.4 is 10.6 Å². The quantitative estimate of drug-likeness (QED) is 0.798. The van der Waals surface area contributed by atoms with Gasteiger partial charge in [-0.2, -0.15) is 5.10 Å². The van der Waals surface area contributed by atoms with Crippen molar-refractivity contribution in [3.8, 4) is 0 Å². The lowest BCUT2D eigenvalue weighted by Gasteiger charge is -2.13. The van der Waals surface area contributed by atoms with Crippen LogP contribution in [-0.4, -0.2) is 22.6 Å². The lowest BCUT2D eigenvalue weighted by molar-refractivity contribution is 0.102. The average molecular weight is 311 g/mol. The lowest BCUT2D eigenvalue weighted by Crippen LogP contribution is -2.24. The summed E-state index contributed by atoms with van der Waals surface area (Å²) >= 11 is 11.8. The first-order valence-corrected chi connectivity index (χ1v) is 6.94. The number of amides is 1. The highest BCUT2D eigenvalue weighted by molar-refractivity contribution is 6.37. The zero-order valence-corrected chi connectivity index (χ0v) is 12.0. The van der Waals surface area contributed by atoms with Gasteiger partial charge in [0.25, 0.3) is 5.91 Å². The Kier molecular flexibility index (Phi) is 3.65. The molecule has 1 aliphatic rings. The van der Waals surface area contributed by atoms with Crippen molar-refractivity contribution in [2.24, 2.45) is 0 Å². The second-order valence-electron chi connectivity index (χ2n) is 4.53. The van der Waals surface area contributed by atoms with E-state index in [0.717, 1.165) is 30.8 Å². The molecule has 0 bridgehead atoms. The molecule has 20 heavy (non-hydrogen) atoms. The Morgan fingerprint density at radius 1 is 1.35 bits per heavy atom. The summed E-state index contributed by atoms with van der Waals surface area (Å²) in [5, 5.41) is 13.9. The maximum Gasteiger partial charge on any atom is 0.258 e. The van der Waals surface area contributed by atoms with Crippen molar-refractivity contribution < 1.29 is 4.79 Å². The van der Waals surface area contributed by atoms with E-state index in [-0.39, 0.29) is 5.91 Å². The van der Waals surface area contributed by atoms with Gasteiger partial charge in [0.15, 0.2) is 5.82 Å². The molecule has 0 unspecified atom stereocenters. The highest BCUT2D eigenvalue weighted by atomic mass is 35.5. The lowest BCUT2D eigenvalue weighted by atomic mass is 10.1. The number of hydrogen-bond acceptors (Lipinski definition) is 3. The Morgan fingerprint density at radius 2 is 2.20 bits per heavy atom. The van der Waals surface area contributed by atoms with Gasteiger partial charge in [-0.1, -0.05) is 23.2 Å². The van der Waals surface area contributed by atoms with Gasteiger partial charge in [-0.15, -0.1) is 0 Å². The van der Waals surface area contributed by atoms with Crippen LogP contribution in [0.5, 0.6) is 0 Å². The van der Waals surface area contributed by atoms with Gasteiger partial charge in [0, 0.05) is 17.1 Å². The normalized spacial score (nSPS) is 13.9. The van der Waals surface area contributed by atoms with Gasteiger partial charge in [-0.3, -0.25) is 9.89 Å².